The minimum atomic E-state index is -0.553. The Balaban J connectivity index is 1.68. The molecule has 2 heterocycles. The summed E-state index contributed by atoms with van der Waals surface area (Å²) in [6, 6.07) is 7.11. The highest BCUT2D eigenvalue weighted by Gasteiger charge is 2.24. The zero-order valence-corrected chi connectivity index (χ0v) is 13.3. The molecule has 0 radical (unpaired) electrons. The van der Waals surface area contributed by atoms with Crippen molar-refractivity contribution in [1.82, 2.24) is 25.1 Å². The molecule has 0 fully saturated rings. The number of hydrogen-bond donors (Lipinski definition) is 2. The van der Waals surface area contributed by atoms with Crippen molar-refractivity contribution in [3.05, 3.63) is 36.0 Å². The molecule has 10 nitrogen and oxygen atoms in total. The monoisotopic (exact) mass is 341 g/mol. The summed E-state index contributed by atoms with van der Waals surface area (Å²) in [6.45, 7) is 1.43. The summed E-state index contributed by atoms with van der Waals surface area (Å²) in [4.78, 5) is 36.1. The number of tetrazole rings is 1. The predicted molar refractivity (Wildman–Crippen MR) is 86.5 cm³/mol. The number of primary amides is 1. The molecule has 1 aromatic heterocycles. The van der Waals surface area contributed by atoms with E-state index in [1.165, 1.54) is 13.0 Å². The molecule has 2 aromatic rings. The van der Waals surface area contributed by atoms with Crippen molar-refractivity contribution in [3.63, 3.8) is 0 Å². The number of nitrogens with one attached hydrogen (secondary N) is 1. The predicted octanol–water partition coefficient (Wildman–Crippen LogP) is -0.490. The topological polar surface area (TPSA) is 136 Å². The van der Waals surface area contributed by atoms with Gasteiger partial charge in [0, 0.05) is 29.9 Å². The summed E-state index contributed by atoms with van der Waals surface area (Å²) < 4.78 is 0. The van der Waals surface area contributed by atoms with E-state index in [2.05, 4.69) is 20.7 Å². The number of amides is 3. The quantitative estimate of drug-likeness (QED) is 0.749. The Labute approximate surface area is 142 Å². The van der Waals surface area contributed by atoms with E-state index >= 15 is 0 Å². The number of nitrogens with zero attached hydrogens (tertiary/aromatic N) is 5. The molecule has 3 amide bonds. The van der Waals surface area contributed by atoms with Gasteiger partial charge in [0.25, 0.3) is 5.91 Å². The van der Waals surface area contributed by atoms with Crippen LogP contribution in [0.4, 0.5) is 5.69 Å². The Morgan fingerprint density at radius 1 is 1.28 bits per heavy atom. The van der Waals surface area contributed by atoms with Gasteiger partial charge in [-0.2, -0.15) is 4.80 Å². The van der Waals surface area contributed by atoms with E-state index < -0.39 is 5.91 Å². The fourth-order valence-electron chi connectivity index (χ4n) is 2.32. The smallest absolute Gasteiger partial charge is 0.255 e. The third kappa shape index (κ3) is 3.68. The maximum Gasteiger partial charge on any atom is 0.255 e. The number of rotatable bonds is 5. The second kappa shape index (κ2) is 6.51. The number of nitrogens with two attached hydrogens (primary N) is 1. The SMILES string of the molecule is CC(=O)N1CC(Nc2ccc(-c3nnn(CC(N)=O)n3)cc2)=CC1=O. The molecule has 3 N–H and O–H groups in total. The molecule has 1 aliphatic rings. The number of benzene rings is 1. The number of hydrogen-bond acceptors (Lipinski definition) is 7. The van der Waals surface area contributed by atoms with Gasteiger partial charge in [-0.25, -0.2) is 0 Å². The Kier molecular flexibility index (Phi) is 4.25. The molecule has 3 rings (SSSR count). The van der Waals surface area contributed by atoms with Gasteiger partial charge < -0.3 is 11.1 Å². The fourth-order valence-corrected chi connectivity index (χ4v) is 2.32. The Bertz CT molecular complexity index is 870. The van der Waals surface area contributed by atoms with E-state index in [1.807, 2.05) is 0 Å². The highest BCUT2D eigenvalue weighted by molar-refractivity contribution is 6.03. The minimum Gasteiger partial charge on any atom is -0.368 e. The summed E-state index contributed by atoms with van der Waals surface area (Å²) in [6.07, 6.45) is 1.40. The lowest BCUT2D eigenvalue weighted by Gasteiger charge is -2.12. The number of carbonyl (C=O) groups is 3. The normalized spacial score (nSPS) is 13.7. The van der Waals surface area contributed by atoms with Crippen molar-refractivity contribution >= 4 is 23.4 Å². The molecule has 0 saturated heterocycles. The average Bonchev–Trinajstić information content (AvgIpc) is 3.14. The maximum atomic E-state index is 11.7. The van der Waals surface area contributed by atoms with E-state index in [0.29, 0.717) is 17.1 Å². The standard InChI is InChI=1S/C15H15N7O3/c1-9(23)21-7-12(6-14(21)25)17-11-4-2-10(3-5-11)15-18-20-22(19-15)8-13(16)24/h2-6,17H,7-8H2,1H3,(H2,16,24). The summed E-state index contributed by atoms with van der Waals surface area (Å²) in [7, 11) is 0. The van der Waals surface area contributed by atoms with Gasteiger partial charge in [0.05, 0.1) is 6.54 Å². The summed E-state index contributed by atoms with van der Waals surface area (Å²) in [5.74, 6) is -0.811. The lowest BCUT2D eigenvalue weighted by molar-refractivity contribution is -0.138. The van der Waals surface area contributed by atoms with E-state index in [1.54, 1.807) is 24.3 Å². The number of carbonyl (C=O) groups excluding carboxylic acids is 3. The van der Waals surface area contributed by atoms with Crippen molar-refractivity contribution in [2.24, 2.45) is 5.73 Å². The summed E-state index contributed by atoms with van der Waals surface area (Å²) in [5, 5.41) is 14.8. The van der Waals surface area contributed by atoms with Gasteiger partial charge in [-0.3, -0.25) is 19.3 Å². The van der Waals surface area contributed by atoms with Crippen LogP contribution in [0.2, 0.25) is 0 Å². The van der Waals surface area contributed by atoms with Crippen LogP contribution >= 0.6 is 0 Å². The summed E-state index contributed by atoms with van der Waals surface area (Å²) >= 11 is 0. The van der Waals surface area contributed by atoms with E-state index in [0.717, 1.165) is 15.4 Å². The zero-order chi connectivity index (χ0) is 18.0. The lowest BCUT2D eigenvalue weighted by Crippen LogP contribution is -2.31. The van der Waals surface area contributed by atoms with Crippen LogP contribution in [0.1, 0.15) is 6.92 Å². The number of imide groups is 1. The molecule has 0 saturated carbocycles. The number of anilines is 1. The van der Waals surface area contributed by atoms with Crippen molar-refractivity contribution in [2.75, 3.05) is 11.9 Å². The first-order valence-electron chi connectivity index (χ1n) is 7.38. The Morgan fingerprint density at radius 2 is 2.00 bits per heavy atom. The van der Waals surface area contributed by atoms with E-state index in [4.69, 9.17) is 5.73 Å². The van der Waals surface area contributed by atoms with Gasteiger partial charge in [-0.15, -0.1) is 10.2 Å². The molecule has 0 aliphatic carbocycles. The highest BCUT2D eigenvalue weighted by Crippen LogP contribution is 2.20. The molecule has 0 unspecified atom stereocenters. The van der Waals surface area contributed by atoms with Crippen molar-refractivity contribution in [3.8, 4) is 11.4 Å². The molecule has 0 bridgehead atoms. The molecular weight excluding hydrogens is 326 g/mol. The van der Waals surface area contributed by atoms with Crippen molar-refractivity contribution in [2.45, 2.75) is 13.5 Å². The summed E-state index contributed by atoms with van der Waals surface area (Å²) in [5.41, 5.74) is 7.18. The minimum absolute atomic E-state index is 0.137. The number of aromatic nitrogens is 4. The molecule has 10 heteroatoms. The van der Waals surface area contributed by atoms with E-state index in [-0.39, 0.29) is 24.9 Å². The van der Waals surface area contributed by atoms with Crippen LogP contribution in [0.15, 0.2) is 36.0 Å². The van der Waals surface area contributed by atoms with Gasteiger partial charge >= 0.3 is 0 Å². The van der Waals surface area contributed by atoms with Gasteiger partial charge in [0.1, 0.15) is 6.54 Å². The second-order valence-electron chi connectivity index (χ2n) is 5.43. The zero-order valence-electron chi connectivity index (χ0n) is 13.3. The first kappa shape index (κ1) is 16.3. The van der Waals surface area contributed by atoms with Crippen LogP contribution in [0.25, 0.3) is 11.4 Å². The molecule has 0 atom stereocenters. The van der Waals surface area contributed by atoms with Gasteiger partial charge in [0.15, 0.2) is 0 Å². The average molecular weight is 341 g/mol. The first-order valence-corrected chi connectivity index (χ1v) is 7.38. The van der Waals surface area contributed by atoms with Gasteiger partial charge in [-0.05, 0) is 29.5 Å². The Hall–Kier alpha value is -3.56. The third-order valence-electron chi connectivity index (χ3n) is 3.47. The first-order chi connectivity index (χ1) is 11.9. The molecule has 1 aliphatic heterocycles. The van der Waals surface area contributed by atoms with Crippen molar-refractivity contribution < 1.29 is 14.4 Å². The van der Waals surface area contributed by atoms with Crippen LogP contribution in [0.3, 0.4) is 0 Å². The molecular formula is C15H15N7O3. The van der Waals surface area contributed by atoms with Crippen LogP contribution in [-0.4, -0.2) is 49.4 Å². The van der Waals surface area contributed by atoms with Crippen molar-refractivity contribution in [1.29, 1.82) is 0 Å². The molecule has 0 spiro atoms. The van der Waals surface area contributed by atoms with Gasteiger partial charge in [0.2, 0.25) is 17.6 Å². The molecule has 25 heavy (non-hydrogen) atoms. The molecule has 1 aromatic carbocycles. The van der Waals surface area contributed by atoms with Crippen LogP contribution in [-0.2, 0) is 20.9 Å². The largest absolute Gasteiger partial charge is 0.368 e. The lowest BCUT2D eigenvalue weighted by atomic mass is 10.2. The maximum absolute atomic E-state index is 11.7. The second-order valence-corrected chi connectivity index (χ2v) is 5.43. The molecule has 128 valence electrons. The van der Waals surface area contributed by atoms with Crippen LogP contribution in [0, 0.1) is 0 Å². The Morgan fingerprint density at radius 3 is 2.60 bits per heavy atom. The highest BCUT2D eigenvalue weighted by atomic mass is 16.2. The third-order valence-corrected chi connectivity index (χ3v) is 3.47. The van der Waals surface area contributed by atoms with E-state index in [9.17, 15) is 14.4 Å². The fraction of sp³-hybridized carbons (Fsp3) is 0.200. The van der Waals surface area contributed by atoms with Crippen LogP contribution < -0.4 is 11.1 Å². The van der Waals surface area contributed by atoms with Gasteiger partial charge in [-0.1, -0.05) is 0 Å². The van der Waals surface area contributed by atoms with Crippen LogP contribution in [0.5, 0.6) is 0 Å².